The monoisotopic (exact) mass is 331 g/mol. The molecule has 0 aliphatic rings. The van der Waals surface area contributed by atoms with Crippen molar-refractivity contribution in [3.05, 3.63) is 53.6 Å². The van der Waals surface area contributed by atoms with Gasteiger partial charge in [-0.2, -0.15) is 0 Å². The SMILES string of the molecule is CSc1ccccc1NC(=O)C(C)Sc1cc(C)ccc1C. The van der Waals surface area contributed by atoms with E-state index in [-0.39, 0.29) is 11.2 Å². The van der Waals surface area contributed by atoms with Crippen LogP contribution >= 0.6 is 23.5 Å². The summed E-state index contributed by atoms with van der Waals surface area (Å²) in [4.78, 5) is 14.7. The number of benzene rings is 2. The van der Waals surface area contributed by atoms with E-state index in [0.29, 0.717) is 0 Å². The highest BCUT2D eigenvalue weighted by molar-refractivity contribution is 8.00. The summed E-state index contributed by atoms with van der Waals surface area (Å²) in [6.07, 6.45) is 2.01. The van der Waals surface area contributed by atoms with Gasteiger partial charge in [0, 0.05) is 9.79 Å². The van der Waals surface area contributed by atoms with Crippen molar-refractivity contribution in [1.82, 2.24) is 0 Å². The number of hydrogen-bond donors (Lipinski definition) is 1. The van der Waals surface area contributed by atoms with Gasteiger partial charge in [0.1, 0.15) is 0 Å². The summed E-state index contributed by atoms with van der Waals surface area (Å²) in [6, 6.07) is 14.2. The molecule has 2 aromatic rings. The average molecular weight is 332 g/mol. The molecule has 1 atom stereocenters. The Bertz CT molecular complexity index is 670. The third-order valence-corrected chi connectivity index (χ3v) is 5.44. The fraction of sp³-hybridized carbons (Fsp3) is 0.278. The number of nitrogens with one attached hydrogen (secondary N) is 1. The largest absolute Gasteiger partial charge is 0.324 e. The molecule has 2 rings (SSSR count). The molecule has 0 saturated heterocycles. The molecule has 0 spiro atoms. The topological polar surface area (TPSA) is 29.1 Å². The number of thioether (sulfide) groups is 2. The van der Waals surface area contributed by atoms with Crippen LogP contribution in [-0.2, 0) is 4.79 Å². The van der Waals surface area contributed by atoms with Crippen LogP contribution in [0.25, 0.3) is 0 Å². The highest BCUT2D eigenvalue weighted by atomic mass is 32.2. The van der Waals surface area contributed by atoms with Gasteiger partial charge in [0.2, 0.25) is 5.91 Å². The van der Waals surface area contributed by atoms with Gasteiger partial charge >= 0.3 is 0 Å². The lowest BCUT2D eigenvalue weighted by Crippen LogP contribution is -2.22. The number of anilines is 1. The summed E-state index contributed by atoms with van der Waals surface area (Å²) in [7, 11) is 0. The molecule has 2 aromatic carbocycles. The first-order chi connectivity index (χ1) is 10.5. The zero-order chi connectivity index (χ0) is 16.1. The van der Waals surface area contributed by atoms with Crippen LogP contribution in [0.1, 0.15) is 18.1 Å². The van der Waals surface area contributed by atoms with E-state index in [1.165, 1.54) is 16.0 Å². The van der Waals surface area contributed by atoms with Crippen molar-refractivity contribution in [3.63, 3.8) is 0 Å². The molecular weight excluding hydrogens is 310 g/mol. The Morgan fingerprint density at radius 2 is 1.82 bits per heavy atom. The van der Waals surface area contributed by atoms with E-state index in [4.69, 9.17) is 0 Å². The molecule has 2 nitrogen and oxygen atoms in total. The number of para-hydroxylation sites is 1. The molecule has 0 aliphatic carbocycles. The maximum atomic E-state index is 12.4. The minimum Gasteiger partial charge on any atom is -0.324 e. The van der Waals surface area contributed by atoms with Gasteiger partial charge < -0.3 is 5.32 Å². The third kappa shape index (κ3) is 4.31. The standard InChI is InChI=1S/C18H21NOS2/c1-12-9-10-13(2)17(11-12)22-14(3)18(20)19-15-7-5-6-8-16(15)21-4/h5-11,14H,1-4H3,(H,19,20). The number of hydrogen-bond acceptors (Lipinski definition) is 3. The molecule has 4 heteroatoms. The highest BCUT2D eigenvalue weighted by Gasteiger charge is 2.16. The first-order valence-electron chi connectivity index (χ1n) is 7.19. The van der Waals surface area contributed by atoms with Crippen molar-refractivity contribution in [2.75, 3.05) is 11.6 Å². The number of carbonyl (C=O) groups is 1. The Morgan fingerprint density at radius 1 is 1.09 bits per heavy atom. The Hall–Kier alpha value is -1.39. The number of aryl methyl sites for hydroxylation is 2. The van der Waals surface area contributed by atoms with Gasteiger partial charge in [-0.3, -0.25) is 4.79 Å². The lowest BCUT2D eigenvalue weighted by atomic mass is 10.2. The van der Waals surface area contributed by atoms with Crippen LogP contribution in [0.3, 0.4) is 0 Å². The zero-order valence-electron chi connectivity index (χ0n) is 13.3. The minimum absolute atomic E-state index is 0.0346. The van der Waals surface area contributed by atoms with Crippen LogP contribution in [0.2, 0.25) is 0 Å². The van der Waals surface area contributed by atoms with Gasteiger partial charge in [-0.1, -0.05) is 29.8 Å². The summed E-state index contributed by atoms with van der Waals surface area (Å²) in [5.41, 5.74) is 3.31. The van der Waals surface area contributed by atoms with Gasteiger partial charge in [0.05, 0.1) is 10.9 Å². The summed E-state index contributed by atoms with van der Waals surface area (Å²) >= 11 is 3.24. The summed E-state index contributed by atoms with van der Waals surface area (Å²) < 4.78 is 0. The van der Waals surface area contributed by atoms with Crippen molar-refractivity contribution in [2.45, 2.75) is 35.8 Å². The summed E-state index contributed by atoms with van der Waals surface area (Å²) in [5, 5.41) is 2.89. The lowest BCUT2D eigenvalue weighted by Gasteiger charge is -2.15. The van der Waals surface area contributed by atoms with Crippen LogP contribution in [0.4, 0.5) is 5.69 Å². The van der Waals surface area contributed by atoms with E-state index in [2.05, 4.69) is 37.4 Å². The Kier molecular flexibility index (Phi) is 5.98. The Balaban J connectivity index is 2.07. The van der Waals surface area contributed by atoms with Crippen LogP contribution in [0.15, 0.2) is 52.3 Å². The third-order valence-electron chi connectivity index (χ3n) is 3.38. The molecule has 0 aromatic heterocycles. The first kappa shape index (κ1) is 17.0. The number of rotatable bonds is 5. The Labute approximate surface area is 141 Å². The van der Waals surface area contributed by atoms with E-state index >= 15 is 0 Å². The molecule has 0 bridgehead atoms. The maximum Gasteiger partial charge on any atom is 0.237 e. The van der Waals surface area contributed by atoms with Crippen molar-refractivity contribution in [3.8, 4) is 0 Å². The predicted molar refractivity (Wildman–Crippen MR) is 98.1 cm³/mol. The van der Waals surface area contributed by atoms with Gasteiger partial charge in [0.15, 0.2) is 0 Å². The van der Waals surface area contributed by atoms with Crippen LogP contribution in [0.5, 0.6) is 0 Å². The van der Waals surface area contributed by atoms with Gasteiger partial charge in [-0.25, -0.2) is 0 Å². The van der Waals surface area contributed by atoms with E-state index in [9.17, 15) is 4.79 Å². The van der Waals surface area contributed by atoms with Gasteiger partial charge in [-0.05, 0) is 50.8 Å². The number of amides is 1. The second kappa shape index (κ2) is 7.75. The van der Waals surface area contributed by atoms with E-state index in [1.807, 2.05) is 37.4 Å². The first-order valence-corrected chi connectivity index (χ1v) is 9.29. The molecule has 22 heavy (non-hydrogen) atoms. The zero-order valence-corrected chi connectivity index (χ0v) is 15.0. The molecule has 1 N–H and O–H groups in total. The highest BCUT2D eigenvalue weighted by Crippen LogP contribution is 2.29. The normalized spacial score (nSPS) is 12.0. The maximum absolute atomic E-state index is 12.4. The molecule has 1 amide bonds. The smallest absolute Gasteiger partial charge is 0.237 e. The van der Waals surface area contributed by atoms with Crippen LogP contribution in [0, 0.1) is 13.8 Å². The van der Waals surface area contributed by atoms with E-state index in [0.717, 1.165) is 10.6 Å². The van der Waals surface area contributed by atoms with Crippen molar-refractivity contribution in [1.29, 1.82) is 0 Å². The average Bonchev–Trinajstić information content (AvgIpc) is 2.51. The van der Waals surface area contributed by atoms with E-state index in [1.54, 1.807) is 23.5 Å². The fourth-order valence-electron chi connectivity index (χ4n) is 2.06. The van der Waals surface area contributed by atoms with Crippen molar-refractivity contribution < 1.29 is 4.79 Å². The minimum atomic E-state index is -0.143. The molecule has 0 saturated carbocycles. The Morgan fingerprint density at radius 3 is 2.55 bits per heavy atom. The molecule has 0 heterocycles. The lowest BCUT2D eigenvalue weighted by molar-refractivity contribution is -0.115. The van der Waals surface area contributed by atoms with E-state index < -0.39 is 0 Å². The molecule has 116 valence electrons. The summed E-state index contributed by atoms with van der Waals surface area (Å²) in [6.45, 7) is 6.10. The number of carbonyl (C=O) groups excluding carboxylic acids is 1. The van der Waals surface area contributed by atoms with Crippen molar-refractivity contribution >= 4 is 35.1 Å². The van der Waals surface area contributed by atoms with Crippen molar-refractivity contribution in [2.24, 2.45) is 0 Å². The molecular formula is C18H21NOS2. The van der Waals surface area contributed by atoms with Crippen LogP contribution < -0.4 is 5.32 Å². The van der Waals surface area contributed by atoms with Crippen LogP contribution in [-0.4, -0.2) is 17.4 Å². The molecule has 0 aliphatic heterocycles. The second-order valence-corrected chi connectivity index (χ2v) is 7.45. The second-order valence-electron chi connectivity index (χ2n) is 5.22. The summed E-state index contributed by atoms with van der Waals surface area (Å²) in [5.74, 6) is 0.0346. The molecule has 0 fully saturated rings. The predicted octanol–water partition coefficient (Wildman–Crippen LogP) is 5.14. The molecule has 1 unspecified atom stereocenters. The van der Waals surface area contributed by atoms with Gasteiger partial charge in [-0.15, -0.1) is 23.5 Å². The fourth-order valence-corrected chi connectivity index (χ4v) is 3.67. The molecule has 0 radical (unpaired) electrons. The quantitative estimate of drug-likeness (QED) is 0.769. The van der Waals surface area contributed by atoms with Gasteiger partial charge in [0.25, 0.3) is 0 Å².